The van der Waals surface area contributed by atoms with E-state index in [4.69, 9.17) is 9.47 Å². The molecule has 0 unspecified atom stereocenters. The Balaban J connectivity index is 1.64. The molecule has 0 atom stereocenters. The van der Waals surface area contributed by atoms with Crippen molar-refractivity contribution in [1.29, 1.82) is 0 Å². The Bertz CT molecular complexity index is 1090. The Labute approximate surface area is 169 Å². The van der Waals surface area contributed by atoms with Gasteiger partial charge in [0.25, 0.3) is 11.5 Å². The van der Waals surface area contributed by atoms with Crippen molar-refractivity contribution in [3.8, 4) is 11.5 Å². The maximum atomic E-state index is 12.4. The molecule has 150 valence electrons. The minimum absolute atomic E-state index is 0.00133. The standard InChI is InChI=1S/C19H18N4O5S/c1-27-12-5-6-15(28-2)14(9-12)22-16(24)8-11-10-29-19(21-11)23-18(26)13-4-3-7-20-17(13)25/h3-7,9-10H,8H2,1-2H3,(H,20,25)(H,22,24)(H,21,23,26). The molecule has 3 aromatic rings. The van der Waals surface area contributed by atoms with Crippen LogP contribution < -0.4 is 25.7 Å². The SMILES string of the molecule is COc1ccc(OC)c(NC(=O)Cc2csc(NC(=O)c3ccc[nH]c3=O)n2)c1. The molecule has 2 aromatic heterocycles. The normalized spacial score (nSPS) is 10.3. The van der Waals surface area contributed by atoms with Crippen LogP contribution in [-0.4, -0.2) is 36.0 Å². The topological polar surface area (TPSA) is 122 Å². The van der Waals surface area contributed by atoms with Crippen LogP contribution in [0.4, 0.5) is 10.8 Å². The van der Waals surface area contributed by atoms with Gasteiger partial charge in [-0.05, 0) is 24.3 Å². The Morgan fingerprint density at radius 2 is 2.00 bits per heavy atom. The number of H-pyrrole nitrogens is 1. The van der Waals surface area contributed by atoms with Crippen LogP contribution in [0.1, 0.15) is 16.1 Å². The molecule has 0 aliphatic heterocycles. The predicted octanol–water partition coefficient (Wildman–Crippen LogP) is 2.28. The van der Waals surface area contributed by atoms with Gasteiger partial charge in [-0.15, -0.1) is 11.3 Å². The number of benzene rings is 1. The van der Waals surface area contributed by atoms with Gasteiger partial charge in [-0.25, -0.2) is 4.98 Å². The number of carbonyl (C=O) groups is 2. The second kappa shape index (κ2) is 9.02. The van der Waals surface area contributed by atoms with Gasteiger partial charge in [0, 0.05) is 17.6 Å². The monoisotopic (exact) mass is 414 g/mol. The van der Waals surface area contributed by atoms with Crippen molar-refractivity contribution in [3.05, 3.63) is 63.5 Å². The molecular formula is C19H18N4O5S. The van der Waals surface area contributed by atoms with E-state index in [1.807, 2.05) is 0 Å². The summed E-state index contributed by atoms with van der Waals surface area (Å²) in [4.78, 5) is 42.9. The van der Waals surface area contributed by atoms with E-state index in [1.165, 1.54) is 26.5 Å². The van der Waals surface area contributed by atoms with Gasteiger partial charge in [0.05, 0.1) is 32.0 Å². The lowest BCUT2D eigenvalue weighted by Gasteiger charge is -2.11. The average molecular weight is 414 g/mol. The van der Waals surface area contributed by atoms with Crippen LogP contribution in [0.25, 0.3) is 0 Å². The number of nitrogens with one attached hydrogen (secondary N) is 3. The number of hydrogen-bond acceptors (Lipinski definition) is 7. The molecule has 10 heteroatoms. The lowest BCUT2D eigenvalue weighted by molar-refractivity contribution is -0.115. The van der Waals surface area contributed by atoms with E-state index in [9.17, 15) is 14.4 Å². The summed E-state index contributed by atoms with van der Waals surface area (Å²) in [6.45, 7) is 0. The number of aromatic nitrogens is 2. The number of ether oxygens (including phenoxy) is 2. The number of methoxy groups -OCH3 is 2. The lowest BCUT2D eigenvalue weighted by Crippen LogP contribution is -2.22. The van der Waals surface area contributed by atoms with Crippen molar-refractivity contribution in [1.82, 2.24) is 9.97 Å². The molecule has 0 spiro atoms. The van der Waals surface area contributed by atoms with E-state index in [0.717, 1.165) is 11.3 Å². The van der Waals surface area contributed by atoms with Crippen molar-refractivity contribution >= 4 is 34.0 Å². The van der Waals surface area contributed by atoms with E-state index in [0.29, 0.717) is 28.0 Å². The molecular weight excluding hydrogens is 396 g/mol. The second-order valence-electron chi connectivity index (χ2n) is 5.80. The summed E-state index contributed by atoms with van der Waals surface area (Å²) >= 11 is 1.16. The highest BCUT2D eigenvalue weighted by Crippen LogP contribution is 2.29. The second-order valence-corrected chi connectivity index (χ2v) is 6.66. The maximum Gasteiger partial charge on any atom is 0.263 e. The number of carbonyl (C=O) groups excluding carboxylic acids is 2. The number of pyridine rings is 1. The Morgan fingerprint density at radius 1 is 1.17 bits per heavy atom. The Hall–Kier alpha value is -3.66. The highest BCUT2D eigenvalue weighted by Gasteiger charge is 2.14. The third kappa shape index (κ3) is 4.99. The highest BCUT2D eigenvalue weighted by atomic mass is 32.1. The molecule has 29 heavy (non-hydrogen) atoms. The first-order valence-electron chi connectivity index (χ1n) is 8.45. The minimum Gasteiger partial charge on any atom is -0.497 e. The average Bonchev–Trinajstić information content (AvgIpc) is 3.14. The van der Waals surface area contributed by atoms with Crippen molar-refractivity contribution in [3.63, 3.8) is 0 Å². The number of hydrogen-bond donors (Lipinski definition) is 3. The van der Waals surface area contributed by atoms with Gasteiger partial charge in [0.1, 0.15) is 17.1 Å². The summed E-state index contributed by atoms with van der Waals surface area (Å²) in [5.41, 5.74) is 0.441. The minimum atomic E-state index is -0.571. The molecule has 3 N–H and O–H groups in total. The van der Waals surface area contributed by atoms with Crippen LogP contribution in [0.3, 0.4) is 0 Å². The number of anilines is 2. The third-order valence-electron chi connectivity index (χ3n) is 3.86. The van der Waals surface area contributed by atoms with E-state index in [-0.39, 0.29) is 17.9 Å². The van der Waals surface area contributed by atoms with Crippen LogP contribution >= 0.6 is 11.3 Å². The molecule has 0 radical (unpaired) electrons. The summed E-state index contributed by atoms with van der Waals surface area (Å²) in [5, 5.41) is 7.26. The quantitative estimate of drug-likeness (QED) is 0.545. The van der Waals surface area contributed by atoms with Crippen molar-refractivity contribution in [2.45, 2.75) is 6.42 Å². The molecule has 9 nitrogen and oxygen atoms in total. The van der Waals surface area contributed by atoms with Crippen molar-refractivity contribution in [2.24, 2.45) is 0 Å². The molecule has 1 aromatic carbocycles. The molecule has 3 rings (SSSR count). The largest absolute Gasteiger partial charge is 0.497 e. The van der Waals surface area contributed by atoms with Crippen LogP contribution in [0.15, 0.2) is 46.7 Å². The van der Waals surface area contributed by atoms with Crippen LogP contribution in [0.5, 0.6) is 11.5 Å². The first-order valence-corrected chi connectivity index (χ1v) is 9.33. The maximum absolute atomic E-state index is 12.4. The molecule has 0 saturated heterocycles. The fourth-order valence-corrected chi connectivity index (χ4v) is 3.19. The van der Waals surface area contributed by atoms with Gasteiger partial charge in [0.2, 0.25) is 5.91 Å². The van der Waals surface area contributed by atoms with Crippen LogP contribution in [-0.2, 0) is 11.2 Å². The van der Waals surface area contributed by atoms with Crippen LogP contribution in [0, 0.1) is 0 Å². The molecule has 0 fully saturated rings. The van der Waals surface area contributed by atoms with Crippen molar-refractivity contribution in [2.75, 3.05) is 24.9 Å². The van der Waals surface area contributed by atoms with Crippen molar-refractivity contribution < 1.29 is 19.1 Å². The number of nitrogens with zero attached hydrogens (tertiary/aromatic N) is 1. The molecule has 2 heterocycles. The zero-order chi connectivity index (χ0) is 20.8. The summed E-state index contributed by atoms with van der Waals surface area (Å²) < 4.78 is 10.4. The van der Waals surface area contributed by atoms with Gasteiger partial charge in [0.15, 0.2) is 5.13 Å². The zero-order valence-electron chi connectivity index (χ0n) is 15.6. The summed E-state index contributed by atoms with van der Waals surface area (Å²) in [6, 6.07) is 8.04. The number of thiazole rings is 1. The number of aromatic amines is 1. The Kier molecular flexibility index (Phi) is 6.25. The smallest absolute Gasteiger partial charge is 0.263 e. The van der Waals surface area contributed by atoms with Gasteiger partial charge >= 0.3 is 0 Å². The van der Waals surface area contributed by atoms with Gasteiger partial charge < -0.3 is 19.8 Å². The van der Waals surface area contributed by atoms with E-state index < -0.39 is 11.5 Å². The predicted molar refractivity (Wildman–Crippen MR) is 109 cm³/mol. The van der Waals surface area contributed by atoms with Gasteiger partial charge in [-0.2, -0.15) is 0 Å². The first-order chi connectivity index (χ1) is 14.0. The highest BCUT2D eigenvalue weighted by molar-refractivity contribution is 7.14. The summed E-state index contributed by atoms with van der Waals surface area (Å²) in [5.74, 6) is 0.201. The number of amides is 2. The molecule has 0 saturated carbocycles. The molecule has 2 amide bonds. The molecule has 0 aliphatic carbocycles. The molecule has 0 aliphatic rings. The lowest BCUT2D eigenvalue weighted by atomic mass is 10.2. The Morgan fingerprint density at radius 3 is 2.72 bits per heavy atom. The first kappa shape index (κ1) is 20.1. The summed E-state index contributed by atoms with van der Waals surface area (Å²) in [7, 11) is 3.03. The zero-order valence-corrected chi connectivity index (χ0v) is 16.5. The molecule has 0 bridgehead atoms. The van der Waals surface area contributed by atoms with E-state index in [2.05, 4.69) is 20.6 Å². The van der Waals surface area contributed by atoms with Gasteiger partial charge in [-0.3, -0.25) is 19.7 Å². The van der Waals surface area contributed by atoms with Gasteiger partial charge in [-0.1, -0.05) is 0 Å². The third-order valence-corrected chi connectivity index (χ3v) is 4.66. The number of rotatable bonds is 7. The summed E-state index contributed by atoms with van der Waals surface area (Å²) in [6.07, 6.45) is 1.44. The fourth-order valence-electron chi connectivity index (χ4n) is 2.48. The van der Waals surface area contributed by atoms with E-state index in [1.54, 1.807) is 29.6 Å². The van der Waals surface area contributed by atoms with Crippen LogP contribution in [0.2, 0.25) is 0 Å². The van der Waals surface area contributed by atoms with E-state index >= 15 is 0 Å². The fraction of sp³-hybridized carbons (Fsp3) is 0.158.